The fraction of sp³-hybridized carbons (Fsp3) is 0.242. The average Bonchev–Trinajstić information content (AvgIpc) is 3.35. The number of aryl methyl sites for hydroxylation is 1. The van der Waals surface area contributed by atoms with E-state index in [0.717, 1.165) is 57.6 Å². The van der Waals surface area contributed by atoms with Gasteiger partial charge in [0, 0.05) is 41.9 Å². The van der Waals surface area contributed by atoms with Gasteiger partial charge in [-0.1, -0.05) is 73.7 Å². The van der Waals surface area contributed by atoms with E-state index in [2.05, 4.69) is 35.1 Å². The quantitative estimate of drug-likeness (QED) is 0.327. The highest BCUT2D eigenvalue weighted by Crippen LogP contribution is 2.54. The van der Waals surface area contributed by atoms with Crippen molar-refractivity contribution in [3.05, 3.63) is 113 Å². The van der Waals surface area contributed by atoms with E-state index in [-0.39, 0.29) is 29.7 Å². The lowest BCUT2D eigenvalue weighted by Crippen LogP contribution is -2.48. The standard InChI is InChI=1S/C33H30N4O3S/c1-21-29-15-14-28-30(25-11-7-10-24(17-25)23-9-6-8-22(16-23)20-35-41(39)40)37(2)36-32(28)33(29,18-26(19-34)31(21)38)27-12-4-3-5-13-27/h3-13,16-18,21,29,35H,14-15,20H2,1-2H3,(H,39,40)/p-1/t21-,29-,33+/m0/s1. The molecule has 0 radical (unpaired) electrons. The van der Waals surface area contributed by atoms with E-state index in [4.69, 9.17) is 5.10 Å². The van der Waals surface area contributed by atoms with E-state index in [1.165, 1.54) is 0 Å². The molecular formula is C33H29N4O3S-. The van der Waals surface area contributed by atoms with Crippen molar-refractivity contribution in [2.45, 2.75) is 31.7 Å². The molecule has 0 fully saturated rings. The molecule has 0 aliphatic heterocycles. The number of carbonyl (C=O) groups excluding carboxylic acids is 1. The number of hydrogen-bond donors (Lipinski definition) is 1. The van der Waals surface area contributed by atoms with E-state index in [1.807, 2.05) is 79.3 Å². The van der Waals surface area contributed by atoms with Crippen LogP contribution < -0.4 is 4.72 Å². The van der Waals surface area contributed by atoms with Gasteiger partial charge in [-0.3, -0.25) is 13.7 Å². The maximum Gasteiger partial charge on any atom is 0.176 e. The normalized spacial score (nSPS) is 22.3. The minimum Gasteiger partial charge on any atom is -0.760 e. The van der Waals surface area contributed by atoms with Crippen LogP contribution >= 0.6 is 0 Å². The lowest BCUT2D eigenvalue weighted by atomic mass is 9.54. The fourth-order valence-electron chi connectivity index (χ4n) is 6.83. The first kappa shape index (κ1) is 27.0. The molecule has 6 rings (SSSR count). The topological polar surface area (TPSA) is 111 Å². The Kier molecular flexibility index (Phi) is 7.04. The van der Waals surface area contributed by atoms with Crippen LogP contribution in [0.1, 0.15) is 35.7 Å². The maximum atomic E-state index is 13.1. The second-order valence-electron chi connectivity index (χ2n) is 10.8. The van der Waals surface area contributed by atoms with Gasteiger partial charge in [-0.15, -0.1) is 0 Å². The second kappa shape index (κ2) is 10.7. The third-order valence-corrected chi connectivity index (χ3v) is 9.02. The van der Waals surface area contributed by atoms with Crippen molar-refractivity contribution < 1.29 is 13.6 Å². The third-order valence-electron chi connectivity index (χ3n) is 8.64. The number of hydrogen-bond acceptors (Lipinski definition) is 5. The van der Waals surface area contributed by atoms with Crippen molar-refractivity contribution in [1.29, 1.82) is 5.26 Å². The SMILES string of the molecule is C[C@@H]1C(=O)C(C#N)=C[C@]2(c3ccccc3)c3nn(C)c(-c4cccc(-c5cccc(CNS(=O)[O-])c5)c4)c3CC[C@@H]12. The van der Waals surface area contributed by atoms with E-state index < -0.39 is 16.7 Å². The van der Waals surface area contributed by atoms with Crippen LogP contribution in [0.4, 0.5) is 0 Å². The summed E-state index contributed by atoms with van der Waals surface area (Å²) in [6, 6.07) is 28.4. The molecule has 41 heavy (non-hydrogen) atoms. The van der Waals surface area contributed by atoms with Gasteiger partial charge in [0.15, 0.2) is 5.78 Å². The number of Topliss-reactive ketones (excluding diaryl/α,β-unsaturated/α-hetero) is 1. The van der Waals surface area contributed by atoms with Crippen molar-refractivity contribution in [1.82, 2.24) is 14.5 Å². The molecule has 206 valence electrons. The number of aromatic nitrogens is 2. The molecule has 0 amide bonds. The minimum absolute atomic E-state index is 0.00381. The molecule has 1 N–H and O–H groups in total. The number of nitrogens with one attached hydrogen (secondary N) is 1. The zero-order valence-electron chi connectivity index (χ0n) is 22.8. The molecule has 4 atom stereocenters. The lowest BCUT2D eigenvalue weighted by molar-refractivity contribution is -0.121. The Labute approximate surface area is 242 Å². The van der Waals surface area contributed by atoms with Gasteiger partial charge in [-0.05, 0) is 59.2 Å². The van der Waals surface area contributed by atoms with Gasteiger partial charge in [0.1, 0.15) is 6.07 Å². The van der Waals surface area contributed by atoms with Crippen molar-refractivity contribution in [3.8, 4) is 28.5 Å². The van der Waals surface area contributed by atoms with Crippen LogP contribution in [-0.4, -0.2) is 24.3 Å². The van der Waals surface area contributed by atoms with Gasteiger partial charge in [0.05, 0.1) is 22.4 Å². The van der Waals surface area contributed by atoms with Crippen molar-refractivity contribution >= 4 is 17.0 Å². The van der Waals surface area contributed by atoms with Crippen LogP contribution in [0.2, 0.25) is 0 Å². The molecule has 4 aromatic rings. The Morgan fingerprint density at radius 3 is 2.51 bits per heavy atom. The minimum atomic E-state index is -2.32. The van der Waals surface area contributed by atoms with E-state index >= 15 is 0 Å². The number of carbonyl (C=O) groups is 1. The molecule has 1 heterocycles. The summed E-state index contributed by atoms with van der Waals surface area (Å²) in [7, 11) is 1.95. The van der Waals surface area contributed by atoms with Gasteiger partial charge >= 0.3 is 0 Å². The third kappa shape index (κ3) is 4.56. The van der Waals surface area contributed by atoms with Gasteiger partial charge in [-0.2, -0.15) is 10.4 Å². The Morgan fingerprint density at radius 2 is 1.78 bits per heavy atom. The summed E-state index contributed by atoms with van der Waals surface area (Å²) in [5, 5.41) is 15.1. The predicted molar refractivity (Wildman–Crippen MR) is 157 cm³/mol. The Hall–Kier alpha value is -4.16. The number of allylic oxidation sites excluding steroid dienone is 2. The molecule has 8 heteroatoms. The molecule has 3 aromatic carbocycles. The highest BCUT2D eigenvalue weighted by Gasteiger charge is 2.54. The zero-order chi connectivity index (χ0) is 28.7. The summed E-state index contributed by atoms with van der Waals surface area (Å²) in [5.41, 5.74) is 7.52. The largest absolute Gasteiger partial charge is 0.760 e. The van der Waals surface area contributed by atoms with Gasteiger partial charge in [0.2, 0.25) is 0 Å². The van der Waals surface area contributed by atoms with Crippen LogP contribution in [0, 0.1) is 23.2 Å². The first-order valence-corrected chi connectivity index (χ1v) is 14.7. The monoisotopic (exact) mass is 561 g/mol. The van der Waals surface area contributed by atoms with Crippen LogP contribution in [0.5, 0.6) is 0 Å². The zero-order valence-corrected chi connectivity index (χ0v) is 23.7. The summed E-state index contributed by atoms with van der Waals surface area (Å²) in [5.74, 6) is -0.385. The summed E-state index contributed by atoms with van der Waals surface area (Å²) >= 11 is -2.32. The van der Waals surface area contributed by atoms with E-state index in [0.29, 0.717) is 0 Å². The predicted octanol–water partition coefficient (Wildman–Crippen LogP) is 5.16. The average molecular weight is 562 g/mol. The van der Waals surface area contributed by atoms with Gasteiger partial charge < -0.3 is 4.55 Å². The molecule has 1 unspecified atom stereocenters. The number of fused-ring (bicyclic) bond motifs is 3. The molecule has 0 bridgehead atoms. The highest BCUT2D eigenvalue weighted by atomic mass is 32.2. The molecule has 0 saturated heterocycles. The van der Waals surface area contributed by atoms with Crippen LogP contribution in [0.15, 0.2) is 90.5 Å². The molecule has 2 aliphatic carbocycles. The Morgan fingerprint density at radius 1 is 1.07 bits per heavy atom. The van der Waals surface area contributed by atoms with Gasteiger partial charge in [0.25, 0.3) is 0 Å². The summed E-state index contributed by atoms with van der Waals surface area (Å²) < 4.78 is 26.3. The summed E-state index contributed by atoms with van der Waals surface area (Å²) in [6.45, 7) is 2.17. The van der Waals surface area contributed by atoms with Crippen molar-refractivity contribution in [2.24, 2.45) is 18.9 Å². The number of nitrogens with zero attached hydrogens (tertiary/aromatic N) is 3. The van der Waals surface area contributed by atoms with Crippen LogP contribution in [0.25, 0.3) is 22.4 Å². The van der Waals surface area contributed by atoms with Crippen LogP contribution in [-0.2, 0) is 41.5 Å². The van der Waals surface area contributed by atoms with Gasteiger partial charge in [-0.25, -0.2) is 4.72 Å². The number of ketones is 1. The molecule has 0 spiro atoms. The fourth-order valence-corrected chi connectivity index (χ4v) is 7.12. The first-order valence-electron chi connectivity index (χ1n) is 13.6. The lowest BCUT2D eigenvalue weighted by Gasteiger charge is -2.47. The molecule has 0 saturated carbocycles. The van der Waals surface area contributed by atoms with E-state index in [1.54, 1.807) is 0 Å². The van der Waals surface area contributed by atoms with Crippen molar-refractivity contribution in [3.63, 3.8) is 0 Å². The van der Waals surface area contributed by atoms with Crippen LogP contribution in [0.3, 0.4) is 0 Å². The molecule has 1 aromatic heterocycles. The Bertz CT molecular complexity index is 1750. The Balaban J connectivity index is 1.50. The summed E-state index contributed by atoms with van der Waals surface area (Å²) in [6.07, 6.45) is 3.47. The van der Waals surface area contributed by atoms with E-state index in [9.17, 15) is 18.8 Å². The number of rotatable bonds is 6. The molecule has 7 nitrogen and oxygen atoms in total. The number of nitriles is 1. The smallest absolute Gasteiger partial charge is 0.176 e. The van der Waals surface area contributed by atoms with Crippen molar-refractivity contribution in [2.75, 3.05) is 0 Å². The maximum absolute atomic E-state index is 13.1. The highest BCUT2D eigenvalue weighted by molar-refractivity contribution is 7.77. The molecular weight excluding hydrogens is 532 g/mol. The molecule has 2 aliphatic rings. The second-order valence-corrected chi connectivity index (χ2v) is 11.6. The summed E-state index contributed by atoms with van der Waals surface area (Å²) in [4.78, 5) is 13.1. The number of benzene rings is 3. The first-order chi connectivity index (χ1) is 19.8.